The molecule has 0 bridgehead atoms. The second-order valence-electron chi connectivity index (χ2n) is 6.20. The minimum Gasteiger partial charge on any atom is -0.507 e. The zero-order chi connectivity index (χ0) is 14.9. The molecule has 0 saturated carbocycles. The number of fused-ring (bicyclic) bond motifs is 2. The van der Waals surface area contributed by atoms with Crippen molar-refractivity contribution < 1.29 is 10.1 Å². The predicted molar refractivity (Wildman–Crippen MR) is 90.9 cm³/mol. The van der Waals surface area contributed by atoms with E-state index in [0.29, 0.717) is 17.7 Å². The summed E-state index contributed by atoms with van der Waals surface area (Å²) in [6, 6.07) is 12.5. The van der Waals surface area contributed by atoms with E-state index in [2.05, 4.69) is 35.4 Å². The van der Waals surface area contributed by atoms with Gasteiger partial charge in [-0.3, -0.25) is 0 Å². The van der Waals surface area contributed by atoms with Crippen LogP contribution in [-0.2, 0) is 0 Å². The molecule has 2 nitrogen and oxygen atoms in total. The number of rotatable bonds is 2. The van der Waals surface area contributed by atoms with Crippen LogP contribution in [0.2, 0.25) is 0 Å². The largest absolute Gasteiger partial charge is 0.507 e. The van der Waals surface area contributed by atoms with Crippen molar-refractivity contribution in [3.63, 3.8) is 0 Å². The lowest BCUT2D eigenvalue weighted by Crippen LogP contribution is -2.77. The molecule has 1 aliphatic carbocycles. The van der Waals surface area contributed by atoms with Gasteiger partial charge in [-0.2, -0.15) is 0 Å². The zero-order valence-electron chi connectivity index (χ0n) is 12.5. The maximum absolute atomic E-state index is 10.2. The molecule has 2 aliphatic rings. The van der Waals surface area contributed by atoms with Gasteiger partial charge >= 0.3 is 0 Å². The number of benzene rings is 2. The molecule has 2 aromatic carbocycles. The quantitative estimate of drug-likeness (QED) is 0.820. The first-order valence-corrected chi connectivity index (χ1v) is 7.99. The molecule has 2 N–H and O–H groups in total. The van der Waals surface area contributed by atoms with Crippen LogP contribution in [0.5, 0.6) is 5.75 Å². The van der Waals surface area contributed by atoms with E-state index in [9.17, 15) is 5.11 Å². The third-order valence-electron chi connectivity index (χ3n) is 4.77. The van der Waals surface area contributed by atoms with Crippen LogP contribution in [0.3, 0.4) is 0 Å². The van der Waals surface area contributed by atoms with Gasteiger partial charge in [0.05, 0.1) is 0 Å². The summed E-state index contributed by atoms with van der Waals surface area (Å²) in [6.45, 7) is 0. The number of allylic oxidation sites excluding steroid dienone is 2. The Morgan fingerprint density at radius 2 is 2.00 bits per heavy atom. The molecule has 22 heavy (non-hydrogen) atoms. The van der Waals surface area contributed by atoms with Gasteiger partial charge in [0, 0.05) is 30.4 Å². The molecule has 4 rings (SSSR count). The monoisotopic (exact) mass is 290 g/mol. The van der Waals surface area contributed by atoms with Crippen LogP contribution in [0.1, 0.15) is 24.8 Å². The van der Waals surface area contributed by atoms with Crippen LogP contribution in [0.4, 0.5) is 0 Å². The fourth-order valence-electron chi connectivity index (χ4n) is 3.59. The first-order chi connectivity index (χ1) is 10.8. The van der Waals surface area contributed by atoms with Crippen LogP contribution in [0, 0.1) is 5.92 Å². The fourth-order valence-corrected chi connectivity index (χ4v) is 3.59. The molecule has 2 unspecified atom stereocenters. The summed E-state index contributed by atoms with van der Waals surface area (Å²) >= 11 is 0. The Morgan fingerprint density at radius 1 is 1.09 bits per heavy atom. The first kappa shape index (κ1) is 13.3. The van der Waals surface area contributed by atoms with E-state index in [1.165, 1.54) is 18.6 Å². The highest BCUT2D eigenvalue weighted by atomic mass is 16.3. The van der Waals surface area contributed by atoms with Crippen molar-refractivity contribution in [2.24, 2.45) is 5.92 Å². The molecule has 0 amide bonds. The van der Waals surface area contributed by atoms with Gasteiger partial charge in [-0.25, -0.2) is 4.99 Å². The smallest absolute Gasteiger partial charge is 0.175 e. The molecule has 110 valence electrons. The maximum Gasteiger partial charge on any atom is 0.175 e. The molecule has 1 aliphatic heterocycles. The summed E-state index contributed by atoms with van der Waals surface area (Å²) in [5.74, 6) is 0.973. The van der Waals surface area contributed by atoms with Gasteiger partial charge in [0.1, 0.15) is 5.75 Å². The lowest BCUT2D eigenvalue weighted by molar-refractivity contribution is -0.499. The van der Waals surface area contributed by atoms with Gasteiger partial charge in [0.15, 0.2) is 11.8 Å². The third-order valence-corrected chi connectivity index (χ3v) is 4.77. The maximum atomic E-state index is 10.2. The molecule has 0 radical (unpaired) electrons. The summed E-state index contributed by atoms with van der Waals surface area (Å²) in [6.07, 6.45) is 12.3. The summed E-state index contributed by atoms with van der Waals surface area (Å²) in [5.41, 5.74) is 2.17. The van der Waals surface area contributed by atoms with Crippen LogP contribution < -0.4 is 4.99 Å². The van der Waals surface area contributed by atoms with Crippen molar-refractivity contribution in [1.29, 1.82) is 0 Å². The molecular weight excluding hydrogens is 270 g/mol. The molecule has 0 saturated heterocycles. The Bertz CT molecular complexity index is 800. The van der Waals surface area contributed by atoms with E-state index in [1.54, 1.807) is 6.07 Å². The highest BCUT2D eigenvalue weighted by Crippen LogP contribution is 2.28. The average molecular weight is 290 g/mol. The zero-order valence-corrected chi connectivity index (χ0v) is 12.5. The molecule has 1 heterocycles. The fraction of sp³-hybridized carbons (Fsp3) is 0.250. The van der Waals surface area contributed by atoms with Gasteiger partial charge in [0.2, 0.25) is 0 Å². The Balaban J connectivity index is 1.67. The Morgan fingerprint density at radius 3 is 2.91 bits per heavy atom. The Kier molecular flexibility index (Phi) is 3.30. The van der Waals surface area contributed by atoms with Gasteiger partial charge in [-0.05, 0) is 29.3 Å². The third kappa shape index (κ3) is 2.35. The van der Waals surface area contributed by atoms with Gasteiger partial charge in [-0.15, -0.1) is 0 Å². The highest BCUT2D eigenvalue weighted by molar-refractivity contribution is 5.99. The van der Waals surface area contributed by atoms with Crippen molar-refractivity contribution in [3.05, 3.63) is 60.2 Å². The predicted octanol–water partition coefficient (Wildman–Crippen LogP) is 2.82. The summed E-state index contributed by atoms with van der Waals surface area (Å²) in [5, 5.41) is 12.4. The van der Waals surface area contributed by atoms with Crippen molar-refractivity contribution in [2.75, 3.05) is 0 Å². The average Bonchev–Trinajstić information content (AvgIpc) is 2.97. The van der Waals surface area contributed by atoms with Gasteiger partial charge in [-0.1, -0.05) is 42.5 Å². The first-order valence-electron chi connectivity index (χ1n) is 7.99. The Hall–Kier alpha value is -2.35. The SMILES string of the molecule is Oc1ccc2ccccc2c1C=CC1=[NH+]C2CCC=CC2C1. The van der Waals surface area contributed by atoms with Crippen LogP contribution in [0.15, 0.2) is 54.6 Å². The normalized spacial score (nSPS) is 23.9. The van der Waals surface area contributed by atoms with Crippen molar-refractivity contribution >= 4 is 22.6 Å². The van der Waals surface area contributed by atoms with Gasteiger partial charge in [0.25, 0.3) is 0 Å². The lowest BCUT2D eigenvalue weighted by atomic mass is 9.90. The molecule has 2 aromatic rings. The molecule has 2 heteroatoms. The van der Waals surface area contributed by atoms with E-state index in [4.69, 9.17) is 0 Å². The summed E-state index contributed by atoms with van der Waals surface area (Å²) in [7, 11) is 0. The van der Waals surface area contributed by atoms with Crippen molar-refractivity contribution in [2.45, 2.75) is 25.3 Å². The minimum absolute atomic E-state index is 0.339. The minimum atomic E-state index is 0.339. The van der Waals surface area contributed by atoms with Crippen LogP contribution in [0.25, 0.3) is 16.8 Å². The number of hydrogen-bond acceptors (Lipinski definition) is 1. The second kappa shape index (κ2) is 5.45. The van der Waals surface area contributed by atoms with Crippen molar-refractivity contribution in [3.8, 4) is 5.75 Å². The lowest BCUT2D eigenvalue weighted by Gasteiger charge is -2.12. The Labute approximate surface area is 130 Å². The topological polar surface area (TPSA) is 34.2 Å². The number of phenols is 1. The van der Waals surface area contributed by atoms with E-state index < -0.39 is 0 Å². The van der Waals surface area contributed by atoms with Crippen molar-refractivity contribution in [1.82, 2.24) is 0 Å². The molecule has 2 atom stereocenters. The van der Waals surface area contributed by atoms with Crippen LogP contribution >= 0.6 is 0 Å². The van der Waals surface area contributed by atoms with E-state index in [0.717, 1.165) is 22.8 Å². The highest BCUT2D eigenvalue weighted by Gasteiger charge is 2.33. The van der Waals surface area contributed by atoms with Gasteiger partial charge < -0.3 is 5.11 Å². The number of hydrogen-bond donors (Lipinski definition) is 2. The summed E-state index contributed by atoms with van der Waals surface area (Å²) < 4.78 is 0. The molecule has 0 aromatic heterocycles. The molecule has 0 spiro atoms. The molecular formula is C20H20NO+. The number of aromatic hydroxyl groups is 1. The van der Waals surface area contributed by atoms with E-state index in [-0.39, 0.29) is 0 Å². The second-order valence-corrected chi connectivity index (χ2v) is 6.20. The summed E-state index contributed by atoms with van der Waals surface area (Å²) in [4.78, 5) is 3.63. The number of nitrogens with one attached hydrogen (secondary N) is 1. The van der Waals surface area contributed by atoms with E-state index in [1.807, 2.05) is 24.3 Å². The number of phenolic OH excluding ortho intramolecular Hbond substituents is 1. The standard InChI is InChI=1S/C20H19NO/c22-20-12-9-14-5-1-3-7-17(14)18(20)11-10-16-13-15-6-2-4-8-19(15)21-16/h1-3,5-7,9-12,15,19,22H,4,8,13H2/p+1. The molecule has 0 fully saturated rings. The van der Waals surface area contributed by atoms with Crippen LogP contribution in [-0.4, -0.2) is 16.9 Å². The van der Waals surface area contributed by atoms with E-state index >= 15 is 0 Å².